The van der Waals surface area contributed by atoms with E-state index in [2.05, 4.69) is 42.3 Å². The third-order valence-corrected chi connectivity index (χ3v) is 3.18. The number of methoxy groups -OCH3 is 1. The molecule has 2 atom stereocenters. The maximum Gasteiger partial charge on any atom is 0.120 e. The Kier molecular flexibility index (Phi) is 3.34. The highest BCUT2D eigenvalue weighted by Crippen LogP contribution is 2.25. The van der Waals surface area contributed by atoms with Crippen LogP contribution in [0.25, 0.3) is 0 Å². The van der Waals surface area contributed by atoms with Gasteiger partial charge >= 0.3 is 0 Å². The number of anilines is 1. The van der Waals surface area contributed by atoms with E-state index < -0.39 is 0 Å². The second-order valence-corrected chi connectivity index (χ2v) is 4.47. The monoisotopic (exact) mass is 220 g/mol. The molecule has 1 aliphatic heterocycles. The zero-order chi connectivity index (χ0) is 11.5. The van der Waals surface area contributed by atoms with E-state index in [1.165, 1.54) is 5.69 Å². The van der Waals surface area contributed by atoms with Crippen LogP contribution in [-0.4, -0.2) is 32.3 Å². The molecular formula is C13H20N2O. The zero-order valence-corrected chi connectivity index (χ0v) is 10.2. The minimum absolute atomic E-state index is 0.524. The molecule has 0 amide bonds. The van der Waals surface area contributed by atoms with Crippen molar-refractivity contribution in [3.8, 4) is 5.75 Å². The van der Waals surface area contributed by atoms with Crippen molar-refractivity contribution >= 4 is 5.69 Å². The lowest BCUT2D eigenvalue weighted by Gasteiger charge is -2.41. The van der Waals surface area contributed by atoms with Crippen molar-refractivity contribution < 1.29 is 4.74 Å². The van der Waals surface area contributed by atoms with Crippen molar-refractivity contribution in [3.05, 3.63) is 24.3 Å². The van der Waals surface area contributed by atoms with Gasteiger partial charge in [-0.3, -0.25) is 0 Å². The lowest BCUT2D eigenvalue weighted by atomic mass is 10.1. The highest BCUT2D eigenvalue weighted by atomic mass is 16.5. The molecule has 3 nitrogen and oxygen atoms in total. The Hall–Kier alpha value is -1.22. The van der Waals surface area contributed by atoms with Crippen LogP contribution in [0.2, 0.25) is 0 Å². The number of nitrogens with zero attached hydrogens (tertiary/aromatic N) is 1. The van der Waals surface area contributed by atoms with Crippen LogP contribution in [0, 0.1) is 0 Å². The van der Waals surface area contributed by atoms with Crippen LogP contribution in [0.3, 0.4) is 0 Å². The largest absolute Gasteiger partial charge is 0.497 e. The summed E-state index contributed by atoms with van der Waals surface area (Å²) in [6, 6.07) is 9.35. The molecule has 1 aliphatic rings. The number of ether oxygens (including phenoxy) is 1. The number of hydrogen-bond acceptors (Lipinski definition) is 3. The molecule has 1 aromatic carbocycles. The van der Waals surface area contributed by atoms with Gasteiger partial charge in [0, 0.05) is 36.9 Å². The smallest absolute Gasteiger partial charge is 0.120 e. The highest BCUT2D eigenvalue weighted by Gasteiger charge is 2.24. The average Bonchev–Trinajstić information content (AvgIpc) is 2.29. The Morgan fingerprint density at radius 2 is 1.94 bits per heavy atom. The van der Waals surface area contributed by atoms with Crippen molar-refractivity contribution in [3.63, 3.8) is 0 Å². The molecule has 0 saturated carbocycles. The normalized spacial score (nSPS) is 25.6. The van der Waals surface area contributed by atoms with E-state index in [4.69, 9.17) is 4.74 Å². The van der Waals surface area contributed by atoms with Gasteiger partial charge in [-0.15, -0.1) is 0 Å². The molecule has 1 heterocycles. The fourth-order valence-corrected chi connectivity index (χ4v) is 2.41. The summed E-state index contributed by atoms with van der Waals surface area (Å²) in [7, 11) is 1.71. The molecule has 2 rings (SSSR count). The lowest BCUT2D eigenvalue weighted by molar-refractivity contribution is 0.411. The van der Waals surface area contributed by atoms with Gasteiger partial charge in [0.25, 0.3) is 0 Å². The van der Waals surface area contributed by atoms with Crippen LogP contribution in [-0.2, 0) is 0 Å². The minimum atomic E-state index is 0.524. The van der Waals surface area contributed by atoms with Gasteiger partial charge in [0.2, 0.25) is 0 Å². The maximum absolute atomic E-state index is 5.27. The first-order valence-corrected chi connectivity index (χ1v) is 5.85. The summed E-state index contributed by atoms with van der Waals surface area (Å²) in [4.78, 5) is 2.46. The van der Waals surface area contributed by atoms with Gasteiger partial charge in [0.15, 0.2) is 0 Å². The highest BCUT2D eigenvalue weighted by molar-refractivity contribution is 5.52. The van der Waals surface area contributed by atoms with Crippen molar-refractivity contribution in [2.45, 2.75) is 25.9 Å². The first-order chi connectivity index (χ1) is 7.72. The lowest BCUT2D eigenvalue weighted by Crippen LogP contribution is -2.55. The summed E-state index contributed by atoms with van der Waals surface area (Å²) < 4.78 is 5.27. The Morgan fingerprint density at radius 3 is 2.56 bits per heavy atom. The van der Waals surface area contributed by atoms with Gasteiger partial charge in [0.05, 0.1) is 7.11 Å². The SMILES string of the molecule is COc1cccc(N2C(C)CNCC2C)c1. The quantitative estimate of drug-likeness (QED) is 0.823. The summed E-state index contributed by atoms with van der Waals surface area (Å²) in [5, 5.41) is 3.44. The molecule has 1 fully saturated rings. The molecule has 0 aromatic heterocycles. The van der Waals surface area contributed by atoms with Crippen LogP contribution in [0.1, 0.15) is 13.8 Å². The number of benzene rings is 1. The molecule has 1 saturated heterocycles. The van der Waals surface area contributed by atoms with E-state index >= 15 is 0 Å². The van der Waals surface area contributed by atoms with Crippen molar-refractivity contribution in [1.82, 2.24) is 5.32 Å². The second-order valence-electron chi connectivity index (χ2n) is 4.47. The fraction of sp³-hybridized carbons (Fsp3) is 0.538. The first-order valence-electron chi connectivity index (χ1n) is 5.85. The van der Waals surface area contributed by atoms with Crippen LogP contribution < -0.4 is 15.0 Å². The fourth-order valence-electron chi connectivity index (χ4n) is 2.41. The Bertz CT molecular complexity index is 344. The minimum Gasteiger partial charge on any atom is -0.497 e. The van der Waals surface area contributed by atoms with Crippen LogP contribution >= 0.6 is 0 Å². The van der Waals surface area contributed by atoms with Gasteiger partial charge < -0.3 is 15.0 Å². The topological polar surface area (TPSA) is 24.5 Å². The van der Waals surface area contributed by atoms with Crippen LogP contribution in [0.5, 0.6) is 5.75 Å². The molecule has 88 valence electrons. The molecule has 0 aliphatic carbocycles. The molecule has 2 unspecified atom stereocenters. The molecule has 0 bridgehead atoms. The Balaban J connectivity index is 2.26. The molecular weight excluding hydrogens is 200 g/mol. The van der Waals surface area contributed by atoms with E-state index in [0.717, 1.165) is 18.8 Å². The predicted molar refractivity (Wildman–Crippen MR) is 67.3 cm³/mol. The van der Waals surface area contributed by atoms with Crippen molar-refractivity contribution in [1.29, 1.82) is 0 Å². The summed E-state index contributed by atoms with van der Waals surface area (Å²) in [6.45, 7) is 6.59. The van der Waals surface area contributed by atoms with Crippen LogP contribution in [0.4, 0.5) is 5.69 Å². The Labute approximate surface area is 97.4 Å². The first kappa shape index (κ1) is 11.3. The third-order valence-electron chi connectivity index (χ3n) is 3.18. The van der Waals surface area contributed by atoms with Gasteiger partial charge in [0.1, 0.15) is 5.75 Å². The summed E-state index contributed by atoms with van der Waals surface area (Å²) in [5.74, 6) is 0.926. The molecule has 1 N–H and O–H groups in total. The second kappa shape index (κ2) is 4.74. The average molecular weight is 220 g/mol. The summed E-state index contributed by atoms with van der Waals surface area (Å²) in [6.07, 6.45) is 0. The van der Waals surface area contributed by atoms with E-state index in [0.29, 0.717) is 12.1 Å². The van der Waals surface area contributed by atoms with Gasteiger partial charge in [-0.1, -0.05) is 6.07 Å². The number of piperazine rings is 1. The van der Waals surface area contributed by atoms with Crippen molar-refractivity contribution in [2.24, 2.45) is 0 Å². The molecule has 1 aromatic rings. The molecule has 3 heteroatoms. The predicted octanol–water partition coefficient (Wildman–Crippen LogP) is 1.88. The number of nitrogens with one attached hydrogen (secondary N) is 1. The summed E-state index contributed by atoms with van der Waals surface area (Å²) in [5.41, 5.74) is 1.25. The van der Waals surface area contributed by atoms with Gasteiger partial charge in [-0.25, -0.2) is 0 Å². The van der Waals surface area contributed by atoms with Crippen LogP contribution in [0.15, 0.2) is 24.3 Å². The van der Waals surface area contributed by atoms with E-state index in [1.54, 1.807) is 7.11 Å². The van der Waals surface area contributed by atoms with E-state index in [1.807, 2.05) is 6.07 Å². The number of hydrogen-bond donors (Lipinski definition) is 1. The van der Waals surface area contributed by atoms with E-state index in [-0.39, 0.29) is 0 Å². The maximum atomic E-state index is 5.27. The standard InChI is InChI=1S/C13H20N2O/c1-10-8-14-9-11(2)15(10)12-5-4-6-13(7-12)16-3/h4-7,10-11,14H,8-9H2,1-3H3. The van der Waals surface area contributed by atoms with Gasteiger partial charge in [-0.2, -0.15) is 0 Å². The van der Waals surface area contributed by atoms with Crippen molar-refractivity contribution in [2.75, 3.05) is 25.1 Å². The molecule has 0 radical (unpaired) electrons. The van der Waals surface area contributed by atoms with E-state index in [9.17, 15) is 0 Å². The number of rotatable bonds is 2. The zero-order valence-electron chi connectivity index (χ0n) is 10.2. The third kappa shape index (κ3) is 2.14. The summed E-state index contributed by atoms with van der Waals surface area (Å²) >= 11 is 0. The Morgan fingerprint density at radius 1 is 1.25 bits per heavy atom. The van der Waals surface area contributed by atoms with Gasteiger partial charge in [-0.05, 0) is 26.0 Å². The molecule has 0 spiro atoms. The molecule has 16 heavy (non-hydrogen) atoms.